The standard InChI is InChI=1S/C20H16ClN3O/c21-17-9-5-4-8-14(17)12-23-20-18(11-22)24-19(25-20)16-10-15(16)13-6-2-1-3-7-13/h1-9,15-16,23H,10,12H2/t15-,16-/m0/s1. The fourth-order valence-electron chi connectivity index (χ4n) is 3.04. The molecule has 2 aromatic carbocycles. The molecule has 1 saturated carbocycles. The van der Waals surface area contributed by atoms with Gasteiger partial charge in [0, 0.05) is 17.5 Å². The topological polar surface area (TPSA) is 61.9 Å². The van der Waals surface area contributed by atoms with E-state index in [4.69, 9.17) is 16.0 Å². The van der Waals surface area contributed by atoms with Gasteiger partial charge in [0.2, 0.25) is 17.5 Å². The van der Waals surface area contributed by atoms with Crippen LogP contribution in [0.3, 0.4) is 0 Å². The quantitative estimate of drug-likeness (QED) is 0.697. The van der Waals surface area contributed by atoms with Crippen molar-refractivity contribution in [2.24, 2.45) is 0 Å². The summed E-state index contributed by atoms with van der Waals surface area (Å²) in [7, 11) is 0. The molecule has 0 saturated heterocycles. The minimum atomic E-state index is 0.241. The number of hydrogen-bond acceptors (Lipinski definition) is 4. The van der Waals surface area contributed by atoms with E-state index >= 15 is 0 Å². The van der Waals surface area contributed by atoms with Gasteiger partial charge in [0.15, 0.2) is 0 Å². The molecule has 1 heterocycles. The van der Waals surface area contributed by atoms with E-state index in [0.29, 0.717) is 35.0 Å². The lowest BCUT2D eigenvalue weighted by Gasteiger charge is -2.05. The summed E-state index contributed by atoms with van der Waals surface area (Å²) in [5, 5.41) is 13.2. The molecule has 0 aliphatic heterocycles. The van der Waals surface area contributed by atoms with Gasteiger partial charge in [0.25, 0.3) is 0 Å². The van der Waals surface area contributed by atoms with Gasteiger partial charge < -0.3 is 9.73 Å². The average molecular weight is 350 g/mol. The minimum absolute atomic E-state index is 0.241. The number of benzene rings is 2. The summed E-state index contributed by atoms with van der Waals surface area (Å²) < 4.78 is 5.86. The Bertz CT molecular complexity index is 930. The molecular weight excluding hydrogens is 334 g/mol. The third-order valence-corrected chi connectivity index (χ3v) is 4.85. The van der Waals surface area contributed by atoms with Crippen LogP contribution in [0.15, 0.2) is 59.0 Å². The first-order chi connectivity index (χ1) is 12.3. The van der Waals surface area contributed by atoms with Crippen molar-refractivity contribution in [2.75, 3.05) is 5.32 Å². The summed E-state index contributed by atoms with van der Waals surface area (Å²) >= 11 is 6.17. The zero-order valence-corrected chi connectivity index (χ0v) is 14.2. The summed E-state index contributed by atoms with van der Waals surface area (Å²) in [4.78, 5) is 4.38. The third-order valence-electron chi connectivity index (χ3n) is 4.48. The van der Waals surface area contributed by atoms with Gasteiger partial charge in [0.05, 0.1) is 0 Å². The molecule has 1 aliphatic carbocycles. The van der Waals surface area contributed by atoms with Crippen LogP contribution in [0.5, 0.6) is 0 Å². The van der Waals surface area contributed by atoms with Gasteiger partial charge in [-0.2, -0.15) is 5.26 Å². The summed E-state index contributed by atoms with van der Waals surface area (Å²) in [6.07, 6.45) is 0.999. The second kappa shape index (κ2) is 6.62. The number of halogens is 1. The number of aromatic nitrogens is 1. The number of rotatable bonds is 5. The molecule has 1 aromatic heterocycles. The predicted molar refractivity (Wildman–Crippen MR) is 96.5 cm³/mol. The Kier molecular flexibility index (Phi) is 4.17. The Morgan fingerprint density at radius 2 is 1.88 bits per heavy atom. The molecule has 4 rings (SSSR count). The first-order valence-electron chi connectivity index (χ1n) is 8.19. The van der Waals surface area contributed by atoms with Gasteiger partial charge in [0.1, 0.15) is 6.07 Å². The molecule has 1 fully saturated rings. The Morgan fingerprint density at radius 1 is 1.12 bits per heavy atom. The third kappa shape index (κ3) is 3.24. The van der Waals surface area contributed by atoms with E-state index in [1.54, 1.807) is 0 Å². The largest absolute Gasteiger partial charge is 0.424 e. The van der Waals surface area contributed by atoms with Crippen molar-refractivity contribution in [1.29, 1.82) is 5.26 Å². The lowest BCUT2D eigenvalue weighted by atomic mass is 10.1. The highest BCUT2D eigenvalue weighted by atomic mass is 35.5. The molecule has 2 atom stereocenters. The van der Waals surface area contributed by atoms with E-state index < -0.39 is 0 Å². The lowest BCUT2D eigenvalue weighted by Crippen LogP contribution is -2.00. The molecule has 3 aromatic rings. The molecule has 25 heavy (non-hydrogen) atoms. The van der Waals surface area contributed by atoms with Gasteiger partial charge in [-0.1, -0.05) is 60.1 Å². The van der Waals surface area contributed by atoms with Gasteiger partial charge in [-0.3, -0.25) is 0 Å². The van der Waals surface area contributed by atoms with E-state index in [0.717, 1.165) is 12.0 Å². The molecule has 0 spiro atoms. The van der Waals surface area contributed by atoms with Crippen molar-refractivity contribution >= 4 is 17.5 Å². The maximum absolute atomic E-state index is 9.33. The van der Waals surface area contributed by atoms with Crippen LogP contribution in [-0.2, 0) is 6.54 Å². The number of nitrogens with zero attached hydrogens (tertiary/aromatic N) is 2. The predicted octanol–water partition coefficient (Wildman–Crippen LogP) is 5.08. The van der Waals surface area contributed by atoms with Crippen LogP contribution in [0.1, 0.15) is 41.0 Å². The molecule has 0 amide bonds. The molecule has 5 heteroatoms. The van der Waals surface area contributed by atoms with Crippen molar-refractivity contribution in [3.8, 4) is 6.07 Å². The van der Waals surface area contributed by atoms with E-state index in [-0.39, 0.29) is 5.92 Å². The van der Waals surface area contributed by atoms with Crippen molar-refractivity contribution in [3.63, 3.8) is 0 Å². The Balaban J connectivity index is 1.49. The highest BCUT2D eigenvalue weighted by molar-refractivity contribution is 6.31. The molecule has 124 valence electrons. The Labute approximate surface area is 151 Å². The number of hydrogen-bond donors (Lipinski definition) is 1. The maximum atomic E-state index is 9.33. The first-order valence-corrected chi connectivity index (χ1v) is 8.57. The molecular formula is C20H16ClN3O. The number of anilines is 1. The van der Waals surface area contributed by atoms with Gasteiger partial charge >= 0.3 is 0 Å². The molecule has 1 N–H and O–H groups in total. The van der Waals surface area contributed by atoms with Crippen molar-refractivity contribution in [3.05, 3.63) is 82.3 Å². The maximum Gasteiger partial charge on any atom is 0.232 e. The van der Waals surface area contributed by atoms with Crippen LogP contribution >= 0.6 is 11.6 Å². The SMILES string of the molecule is N#Cc1nc([C@H]2C[C@H]2c2ccccc2)oc1NCc1ccccc1Cl. The van der Waals surface area contributed by atoms with Crippen LogP contribution in [0, 0.1) is 11.3 Å². The summed E-state index contributed by atoms with van der Waals surface area (Å²) in [6, 6.07) is 20.0. The normalized spacial score (nSPS) is 18.6. The summed E-state index contributed by atoms with van der Waals surface area (Å²) in [5.41, 5.74) is 2.52. The first kappa shape index (κ1) is 15.7. The van der Waals surface area contributed by atoms with Crippen molar-refractivity contribution in [1.82, 2.24) is 4.98 Å². The van der Waals surface area contributed by atoms with Crippen LogP contribution in [0.25, 0.3) is 0 Å². The van der Waals surface area contributed by atoms with E-state index in [1.165, 1.54) is 5.56 Å². The smallest absolute Gasteiger partial charge is 0.232 e. The molecule has 0 radical (unpaired) electrons. The molecule has 4 nitrogen and oxygen atoms in total. The average Bonchev–Trinajstić information content (AvgIpc) is 3.35. The monoisotopic (exact) mass is 349 g/mol. The lowest BCUT2D eigenvalue weighted by molar-refractivity contribution is 0.505. The Hall–Kier alpha value is -2.77. The van der Waals surface area contributed by atoms with Crippen LogP contribution in [0.2, 0.25) is 5.02 Å². The fourth-order valence-corrected chi connectivity index (χ4v) is 3.25. The second-order valence-corrected chi connectivity index (χ2v) is 6.55. The highest BCUT2D eigenvalue weighted by Gasteiger charge is 2.43. The highest BCUT2D eigenvalue weighted by Crippen LogP contribution is 2.54. The second-order valence-electron chi connectivity index (χ2n) is 6.15. The fraction of sp³-hybridized carbons (Fsp3) is 0.200. The van der Waals surface area contributed by atoms with Crippen molar-refractivity contribution < 1.29 is 4.42 Å². The Morgan fingerprint density at radius 3 is 2.64 bits per heavy atom. The van der Waals surface area contributed by atoms with E-state index in [9.17, 15) is 5.26 Å². The summed E-state index contributed by atoms with van der Waals surface area (Å²) in [6.45, 7) is 0.482. The summed E-state index contributed by atoms with van der Waals surface area (Å²) in [5.74, 6) is 1.70. The minimum Gasteiger partial charge on any atom is -0.424 e. The van der Waals surface area contributed by atoms with Crippen LogP contribution < -0.4 is 5.32 Å². The van der Waals surface area contributed by atoms with E-state index in [1.807, 2.05) is 42.5 Å². The van der Waals surface area contributed by atoms with Crippen LogP contribution in [-0.4, -0.2) is 4.98 Å². The van der Waals surface area contributed by atoms with E-state index in [2.05, 4.69) is 28.5 Å². The van der Waals surface area contributed by atoms with Crippen molar-refractivity contribution in [2.45, 2.75) is 24.8 Å². The molecule has 0 unspecified atom stereocenters. The number of nitrogens with one attached hydrogen (secondary N) is 1. The van der Waals surface area contributed by atoms with Gasteiger partial charge in [-0.25, -0.2) is 4.98 Å². The number of oxazole rings is 1. The van der Waals surface area contributed by atoms with Crippen LogP contribution in [0.4, 0.5) is 5.88 Å². The molecule has 0 bridgehead atoms. The number of nitriles is 1. The zero-order valence-electron chi connectivity index (χ0n) is 13.4. The molecule has 1 aliphatic rings. The van der Waals surface area contributed by atoms with Gasteiger partial charge in [-0.05, 0) is 29.5 Å². The zero-order chi connectivity index (χ0) is 17.2. The van der Waals surface area contributed by atoms with Gasteiger partial charge in [-0.15, -0.1) is 0 Å².